The molecule has 0 saturated carbocycles. The van der Waals surface area contributed by atoms with E-state index in [2.05, 4.69) is 282 Å². The molecule has 3 heteroatoms. The maximum Gasteiger partial charge on any atom is 0.0702 e. The van der Waals surface area contributed by atoms with Crippen molar-refractivity contribution >= 4 is 43.6 Å². The highest BCUT2D eigenvalue weighted by molar-refractivity contribution is 6.13. The average Bonchev–Trinajstić information content (AvgIpc) is 3.99. The smallest absolute Gasteiger partial charge is 0.0702 e. The van der Waals surface area contributed by atoms with Gasteiger partial charge in [0, 0.05) is 44.7 Å². The quantitative estimate of drug-likeness (QED) is 0.141. The highest BCUT2D eigenvalue weighted by atomic mass is 15.0. The van der Waals surface area contributed by atoms with Gasteiger partial charge in [-0.3, -0.25) is 4.98 Å². The van der Waals surface area contributed by atoms with Crippen LogP contribution in [0.5, 0.6) is 0 Å². The minimum Gasteiger partial charge on any atom is -0.309 e. The summed E-state index contributed by atoms with van der Waals surface area (Å²) < 4.78 is 4.83. The molecule has 0 fully saturated rings. The molecule has 0 amide bonds. The highest BCUT2D eigenvalue weighted by Crippen LogP contribution is 2.41. The molecule has 0 saturated heterocycles. The van der Waals surface area contributed by atoms with Crippen LogP contribution in [0, 0.1) is 0 Å². The second kappa shape index (κ2) is 18.1. The molecule has 3 nitrogen and oxygen atoms in total. The van der Waals surface area contributed by atoms with Crippen LogP contribution in [-0.4, -0.2) is 14.1 Å². The van der Waals surface area contributed by atoms with Crippen molar-refractivity contribution in [1.29, 1.82) is 0 Å². The van der Waals surface area contributed by atoms with Gasteiger partial charge in [-0.05, 0) is 170 Å². The van der Waals surface area contributed by atoms with Crippen LogP contribution in [0.2, 0.25) is 0 Å². The lowest BCUT2D eigenvalue weighted by Gasteiger charge is -2.14. The van der Waals surface area contributed by atoms with E-state index in [0.29, 0.717) is 0 Å². The van der Waals surface area contributed by atoms with E-state index in [9.17, 15) is 0 Å². The lowest BCUT2D eigenvalue weighted by Crippen LogP contribution is -1.95. The Morgan fingerprint density at radius 2 is 0.486 bits per heavy atom. The van der Waals surface area contributed by atoms with Gasteiger partial charge in [0.2, 0.25) is 0 Å². The van der Waals surface area contributed by atoms with E-state index in [1.54, 1.807) is 0 Å². The predicted octanol–water partition coefficient (Wildman–Crippen LogP) is 18.9. The van der Waals surface area contributed by atoms with E-state index in [4.69, 9.17) is 4.98 Å². The van der Waals surface area contributed by atoms with Crippen molar-refractivity contribution in [2.24, 2.45) is 0 Å². The molecule has 0 radical (unpaired) electrons. The summed E-state index contributed by atoms with van der Waals surface area (Å²) in [6, 6.07) is 101. The zero-order valence-corrected chi connectivity index (χ0v) is 40.5. The molecule has 0 bridgehead atoms. The molecule has 3 heterocycles. The molecule has 11 aromatic carbocycles. The fourth-order valence-electron chi connectivity index (χ4n) is 11.1. The van der Waals surface area contributed by atoms with Gasteiger partial charge >= 0.3 is 0 Å². The van der Waals surface area contributed by atoms with E-state index >= 15 is 0 Å². The van der Waals surface area contributed by atoms with Crippen LogP contribution >= 0.6 is 0 Å². The molecule has 0 unspecified atom stereocenters. The van der Waals surface area contributed by atoms with Gasteiger partial charge in [-0.25, -0.2) is 0 Å². The number of fused-ring (bicyclic) bond motifs is 6. The summed E-state index contributed by atoms with van der Waals surface area (Å²) in [4.78, 5) is 4.83. The Bertz CT molecular complexity index is 3890. The first kappa shape index (κ1) is 43.0. The summed E-state index contributed by atoms with van der Waals surface area (Å²) in [5.41, 5.74) is 23.1. The molecule has 0 N–H and O–H groups in total. The second-order valence-corrected chi connectivity index (χ2v) is 19.2. The number of hydrogen-bond acceptors (Lipinski definition) is 1. The molecule has 0 aliphatic heterocycles. The third-order valence-corrected chi connectivity index (χ3v) is 14.8. The second-order valence-electron chi connectivity index (χ2n) is 19.2. The van der Waals surface area contributed by atoms with Crippen LogP contribution in [0.25, 0.3) is 133 Å². The Morgan fingerprint density at radius 3 is 0.797 bits per heavy atom. The van der Waals surface area contributed by atoms with Crippen LogP contribution in [0.15, 0.2) is 285 Å². The van der Waals surface area contributed by atoms with Gasteiger partial charge in [0.1, 0.15) is 0 Å². The van der Waals surface area contributed by atoms with E-state index in [-0.39, 0.29) is 0 Å². The fraction of sp³-hybridized carbons (Fsp3) is 0. The maximum absolute atomic E-state index is 4.83. The van der Waals surface area contributed by atoms with Crippen LogP contribution in [-0.2, 0) is 0 Å². The Hall–Kier alpha value is -9.83. The van der Waals surface area contributed by atoms with Crippen LogP contribution in [0.4, 0.5) is 0 Å². The SMILES string of the molecule is c1ccc(-c2ccc3c(c2)c2cc(-c4ccccc4)ccc2n3-c2ccc(-c3cc(-c4ccc(-n5c6ccc(-c7ccccc7)cc6c6cc(-c7ccccc7)ccc65)cc4)cc(-c4ccccn4)c3)cc2)cc1. The van der Waals surface area contributed by atoms with Crippen LogP contribution < -0.4 is 0 Å². The Labute approximate surface area is 430 Å². The Kier molecular flexibility index (Phi) is 10.5. The van der Waals surface area contributed by atoms with Gasteiger partial charge < -0.3 is 9.13 Å². The fourth-order valence-corrected chi connectivity index (χ4v) is 11.1. The first-order chi connectivity index (χ1) is 36.7. The van der Waals surface area contributed by atoms with Crippen molar-refractivity contribution in [3.05, 3.63) is 285 Å². The average molecular weight is 942 g/mol. The van der Waals surface area contributed by atoms with E-state index in [1.165, 1.54) is 88.1 Å². The minimum absolute atomic E-state index is 0.939. The monoisotopic (exact) mass is 941 g/mol. The minimum atomic E-state index is 0.939. The predicted molar refractivity (Wildman–Crippen MR) is 311 cm³/mol. The molecular weight excluding hydrogens is 895 g/mol. The zero-order valence-electron chi connectivity index (χ0n) is 40.5. The third-order valence-electron chi connectivity index (χ3n) is 14.8. The van der Waals surface area contributed by atoms with Crippen molar-refractivity contribution in [3.63, 3.8) is 0 Å². The summed E-state index contributed by atoms with van der Waals surface area (Å²) in [6.45, 7) is 0. The number of aromatic nitrogens is 3. The molecule has 14 rings (SSSR count). The van der Waals surface area contributed by atoms with Crippen molar-refractivity contribution in [3.8, 4) is 89.4 Å². The Morgan fingerprint density at radius 1 is 0.203 bits per heavy atom. The van der Waals surface area contributed by atoms with Gasteiger partial charge in [-0.1, -0.05) is 176 Å². The van der Waals surface area contributed by atoms with E-state index in [0.717, 1.165) is 44.9 Å². The molecule has 0 aliphatic rings. The van der Waals surface area contributed by atoms with Crippen LogP contribution in [0.1, 0.15) is 0 Å². The number of benzene rings is 11. The molecule has 0 aliphatic carbocycles. The van der Waals surface area contributed by atoms with Crippen molar-refractivity contribution in [2.45, 2.75) is 0 Å². The van der Waals surface area contributed by atoms with Crippen molar-refractivity contribution in [2.75, 3.05) is 0 Å². The first-order valence-corrected chi connectivity index (χ1v) is 25.3. The number of rotatable bonds is 9. The van der Waals surface area contributed by atoms with E-state index < -0.39 is 0 Å². The summed E-state index contributed by atoms with van der Waals surface area (Å²) in [6.07, 6.45) is 1.87. The molecule has 0 spiro atoms. The summed E-state index contributed by atoms with van der Waals surface area (Å²) in [5.74, 6) is 0. The van der Waals surface area contributed by atoms with Gasteiger partial charge in [-0.2, -0.15) is 0 Å². The molecule has 3 aromatic heterocycles. The molecule has 0 atom stereocenters. The lowest BCUT2D eigenvalue weighted by molar-refractivity contribution is 1.18. The lowest BCUT2D eigenvalue weighted by atomic mass is 9.94. The molecular formula is C71H47N3. The first-order valence-electron chi connectivity index (χ1n) is 25.3. The van der Waals surface area contributed by atoms with Gasteiger partial charge in [0.15, 0.2) is 0 Å². The zero-order chi connectivity index (χ0) is 49.0. The van der Waals surface area contributed by atoms with Gasteiger partial charge in [0.25, 0.3) is 0 Å². The molecule has 346 valence electrons. The standard InChI is InChI=1S/C71H47N3/c1-5-15-48(16-6-1)54-28-36-68-63(44-54)64-45-55(49-17-7-2-8-18-49)29-37-69(64)73(68)61-32-24-52(25-33-61)58-41-59(43-60(42-58)67-23-13-14-40-72-67)53-26-34-62(35-27-53)74-70-38-30-56(50-19-9-3-10-20-50)46-65(70)66-47-57(31-39-71(66)74)51-21-11-4-12-22-51/h1-47H. The Balaban J connectivity index is 0.856. The number of pyridine rings is 1. The topological polar surface area (TPSA) is 22.8 Å². The third kappa shape index (κ3) is 7.67. The molecule has 74 heavy (non-hydrogen) atoms. The van der Waals surface area contributed by atoms with Crippen molar-refractivity contribution < 1.29 is 0 Å². The normalized spacial score (nSPS) is 11.5. The van der Waals surface area contributed by atoms with Gasteiger partial charge in [0.05, 0.1) is 27.8 Å². The molecule has 14 aromatic rings. The van der Waals surface area contributed by atoms with Crippen LogP contribution in [0.3, 0.4) is 0 Å². The summed E-state index contributed by atoms with van der Waals surface area (Å²) in [7, 11) is 0. The highest BCUT2D eigenvalue weighted by Gasteiger charge is 2.18. The van der Waals surface area contributed by atoms with Gasteiger partial charge in [-0.15, -0.1) is 0 Å². The maximum atomic E-state index is 4.83. The van der Waals surface area contributed by atoms with Crippen molar-refractivity contribution in [1.82, 2.24) is 14.1 Å². The largest absolute Gasteiger partial charge is 0.309 e. The summed E-state index contributed by atoms with van der Waals surface area (Å²) in [5, 5.41) is 4.92. The number of nitrogens with zero attached hydrogens (tertiary/aromatic N) is 3. The number of hydrogen-bond donors (Lipinski definition) is 0. The van der Waals surface area contributed by atoms with E-state index in [1.807, 2.05) is 12.3 Å². The summed E-state index contributed by atoms with van der Waals surface area (Å²) >= 11 is 0.